The largest absolute Gasteiger partial charge is 0.345 e. The highest BCUT2D eigenvalue weighted by Gasteiger charge is 2.58. The second-order valence-electron chi connectivity index (χ2n) is 12.8. The van der Waals surface area contributed by atoms with Crippen molar-refractivity contribution in [2.45, 2.75) is 104 Å². The van der Waals surface area contributed by atoms with Crippen LogP contribution in [0.4, 0.5) is 0 Å². The van der Waals surface area contributed by atoms with Gasteiger partial charge in [-0.3, -0.25) is 4.79 Å². The van der Waals surface area contributed by atoms with Crippen LogP contribution in [0.5, 0.6) is 0 Å². The van der Waals surface area contributed by atoms with Crippen molar-refractivity contribution >= 4 is 5.91 Å². The van der Waals surface area contributed by atoms with E-state index >= 15 is 0 Å². The first-order valence-electron chi connectivity index (χ1n) is 13.7. The zero-order valence-electron chi connectivity index (χ0n) is 20.1. The molecule has 5 aliphatic carbocycles. The van der Waals surface area contributed by atoms with Crippen LogP contribution in [0.2, 0.25) is 0 Å². The zero-order valence-corrected chi connectivity index (χ0v) is 20.1. The van der Waals surface area contributed by atoms with Gasteiger partial charge in [0.05, 0.1) is 0 Å². The van der Waals surface area contributed by atoms with Crippen molar-refractivity contribution in [3.05, 3.63) is 0 Å². The molecule has 170 valence electrons. The number of nitrogens with zero attached hydrogens (tertiary/aromatic N) is 1. The molecule has 5 fully saturated rings. The normalized spacial score (nSPS) is 46.6. The first-order chi connectivity index (χ1) is 14.5. The minimum Gasteiger partial charge on any atom is -0.345 e. The summed E-state index contributed by atoms with van der Waals surface area (Å²) in [6, 6.07) is 0. The minimum absolute atomic E-state index is 0.286. The highest BCUT2D eigenvalue weighted by Crippen LogP contribution is 2.64. The minimum atomic E-state index is 0.286. The van der Waals surface area contributed by atoms with Gasteiger partial charge in [0, 0.05) is 19.5 Å². The van der Waals surface area contributed by atoms with Gasteiger partial charge in [-0.15, -0.1) is 0 Å². The monoisotopic (exact) mass is 413 g/mol. The molecule has 0 radical (unpaired) electrons. The molecule has 30 heavy (non-hydrogen) atoms. The molecule has 8 atom stereocenters. The molecule has 0 aromatic carbocycles. The van der Waals surface area contributed by atoms with E-state index in [0.717, 1.165) is 48.0 Å². The Morgan fingerprint density at radius 3 is 2.43 bits per heavy atom. The van der Waals surface area contributed by atoms with Gasteiger partial charge < -0.3 is 4.90 Å². The Bertz CT molecular complexity index is 624. The molecule has 0 bridgehead atoms. The fourth-order valence-electron chi connectivity index (χ4n) is 9.61. The van der Waals surface area contributed by atoms with Gasteiger partial charge in [0.1, 0.15) is 0 Å². The van der Waals surface area contributed by atoms with Gasteiger partial charge >= 0.3 is 0 Å². The summed E-state index contributed by atoms with van der Waals surface area (Å²) in [4.78, 5) is 15.8. The molecule has 0 N–H and O–H groups in total. The first-order valence-corrected chi connectivity index (χ1v) is 13.7. The van der Waals surface area contributed by atoms with Crippen LogP contribution in [-0.4, -0.2) is 24.4 Å². The molecule has 0 aromatic rings. The van der Waals surface area contributed by atoms with E-state index in [9.17, 15) is 4.79 Å². The zero-order chi connectivity index (χ0) is 20.9. The van der Waals surface area contributed by atoms with Crippen LogP contribution in [0.15, 0.2) is 0 Å². The van der Waals surface area contributed by atoms with Crippen LogP contribution in [0.3, 0.4) is 0 Å². The maximum absolute atomic E-state index is 13.6. The molecule has 5 rings (SSSR count). The Hall–Kier alpha value is -0.530. The highest BCUT2D eigenvalue weighted by atomic mass is 16.2. The lowest BCUT2D eigenvalue weighted by molar-refractivity contribution is -0.142. The number of hydrogen-bond acceptors (Lipinski definition) is 1. The van der Waals surface area contributed by atoms with Gasteiger partial charge in [-0.1, -0.05) is 39.5 Å². The molecule has 1 amide bonds. The average Bonchev–Trinajstić information content (AvgIpc) is 3.10. The fourth-order valence-corrected chi connectivity index (χ4v) is 9.61. The lowest BCUT2D eigenvalue weighted by Gasteiger charge is -2.56. The maximum atomic E-state index is 13.6. The molecule has 2 heteroatoms. The van der Waals surface area contributed by atoms with Crippen molar-refractivity contribution in [1.82, 2.24) is 4.90 Å². The number of hydrogen-bond donors (Lipinski definition) is 0. The van der Waals surface area contributed by atoms with Crippen LogP contribution in [0.25, 0.3) is 0 Å². The van der Waals surface area contributed by atoms with E-state index in [1.165, 1.54) is 89.9 Å². The van der Waals surface area contributed by atoms with Crippen LogP contribution < -0.4 is 0 Å². The van der Waals surface area contributed by atoms with E-state index in [0.29, 0.717) is 11.8 Å². The lowest BCUT2D eigenvalue weighted by Crippen LogP contribution is -2.50. The second-order valence-corrected chi connectivity index (χ2v) is 12.8. The summed E-state index contributed by atoms with van der Waals surface area (Å²) < 4.78 is 0. The Morgan fingerprint density at radius 1 is 0.867 bits per heavy atom. The first kappa shape index (κ1) is 21.3. The Balaban J connectivity index is 1.26. The standard InChI is InChI=1S/C28H47NO/c1-19-9-11-22-21(17-19)10-12-24-23(22)15-16-28(2)25(24)13-14-26(28)27(30)29(3)18-20-7-5-4-6-8-20/h19-26H,4-18H2,1-3H3/t19?,21?,22?,23?,24?,25?,26-,28?/m1/s1. The average molecular weight is 414 g/mol. The van der Waals surface area contributed by atoms with Crippen LogP contribution >= 0.6 is 0 Å². The van der Waals surface area contributed by atoms with Gasteiger partial charge in [0.25, 0.3) is 0 Å². The highest BCUT2D eigenvalue weighted by molar-refractivity contribution is 5.80. The van der Waals surface area contributed by atoms with E-state index in [1.54, 1.807) is 0 Å². The van der Waals surface area contributed by atoms with Crippen LogP contribution in [0.1, 0.15) is 104 Å². The van der Waals surface area contributed by atoms with Gasteiger partial charge in [0.15, 0.2) is 0 Å². The Morgan fingerprint density at radius 2 is 1.63 bits per heavy atom. The summed E-state index contributed by atoms with van der Waals surface area (Å²) in [6.45, 7) is 6.04. The van der Waals surface area contributed by atoms with Crippen molar-refractivity contribution in [3.8, 4) is 0 Å². The molecule has 0 heterocycles. The van der Waals surface area contributed by atoms with Crippen molar-refractivity contribution in [1.29, 1.82) is 0 Å². The molecule has 0 aromatic heterocycles. The molecule has 0 spiro atoms. The third-order valence-corrected chi connectivity index (χ3v) is 11.1. The predicted octanol–water partition coefficient (Wildman–Crippen LogP) is 6.93. The molecular formula is C28H47NO. The Labute approximate surface area is 185 Å². The summed E-state index contributed by atoms with van der Waals surface area (Å²) in [5, 5.41) is 0. The number of carbonyl (C=O) groups is 1. The number of fused-ring (bicyclic) bond motifs is 5. The van der Waals surface area contributed by atoms with Crippen molar-refractivity contribution in [2.24, 2.45) is 52.8 Å². The number of carbonyl (C=O) groups excluding carboxylic acids is 1. The Kier molecular flexibility index (Phi) is 5.99. The molecule has 2 nitrogen and oxygen atoms in total. The molecule has 5 aliphatic rings. The van der Waals surface area contributed by atoms with E-state index in [-0.39, 0.29) is 5.41 Å². The molecule has 7 unspecified atom stereocenters. The van der Waals surface area contributed by atoms with Gasteiger partial charge in [-0.25, -0.2) is 0 Å². The van der Waals surface area contributed by atoms with Gasteiger partial charge in [0.2, 0.25) is 5.91 Å². The number of rotatable bonds is 3. The molecule has 0 aliphatic heterocycles. The summed E-state index contributed by atoms with van der Waals surface area (Å²) in [5.74, 6) is 7.33. The van der Waals surface area contributed by atoms with Crippen LogP contribution in [0, 0.1) is 52.8 Å². The third-order valence-electron chi connectivity index (χ3n) is 11.1. The van der Waals surface area contributed by atoms with E-state index in [1.807, 2.05) is 0 Å². The van der Waals surface area contributed by atoms with E-state index in [4.69, 9.17) is 0 Å². The van der Waals surface area contributed by atoms with Crippen molar-refractivity contribution in [3.63, 3.8) is 0 Å². The second kappa shape index (κ2) is 8.43. The maximum Gasteiger partial charge on any atom is 0.225 e. The lowest BCUT2D eigenvalue weighted by atomic mass is 9.49. The quantitative estimate of drug-likeness (QED) is 0.491. The molecule has 0 saturated heterocycles. The fraction of sp³-hybridized carbons (Fsp3) is 0.964. The SMILES string of the molecule is CC1CCC2C(CCC3C2CCC2(C)C3CC[C@@H]2C(=O)N(C)CC2CCCCC2)C1. The van der Waals surface area contributed by atoms with Crippen molar-refractivity contribution in [2.75, 3.05) is 13.6 Å². The summed E-state index contributed by atoms with van der Waals surface area (Å²) in [7, 11) is 2.12. The van der Waals surface area contributed by atoms with Crippen LogP contribution in [-0.2, 0) is 4.79 Å². The van der Waals surface area contributed by atoms with Gasteiger partial charge in [-0.2, -0.15) is 0 Å². The van der Waals surface area contributed by atoms with E-state index < -0.39 is 0 Å². The number of amides is 1. The topological polar surface area (TPSA) is 20.3 Å². The third kappa shape index (κ3) is 3.66. The van der Waals surface area contributed by atoms with Gasteiger partial charge in [-0.05, 0) is 111 Å². The molecule has 5 saturated carbocycles. The molecular weight excluding hydrogens is 366 g/mol. The smallest absolute Gasteiger partial charge is 0.225 e. The predicted molar refractivity (Wildman–Crippen MR) is 124 cm³/mol. The summed E-state index contributed by atoms with van der Waals surface area (Å²) >= 11 is 0. The van der Waals surface area contributed by atoms with E-state index in [2.05, 4.69) is 25.8 Å². The van der Waals surface area contributed by atoms with Crippen molar-refractivity contribution < 1.29 is 4.79 Å². The summed E-state index contributed by atoms with van der Waals surface area (Å²) in [5.41, 5.74) is 0.286. The summed E-state index contributed by atoms with van der Waals surface area (Å²) in [6.07, 6.45) is 19.5.